The van der Waals surface area contributed by atoms with Crippen LogP contribution in [0.4, 0.5) is 0 Å². The number of esters is 1. The molecule has 234 valence electrons. The first-order valence-corrected chi connectivity index (χ1v) is 15.4. The van der Waals surface area contributed by atoms with Crippen molar-refractivity contribution in [3.63, 3.8) is 0 Å². The van der Waals surface area contributed by atoms with Crippen LogP contribution in [-0.2, 0) is 32.7 Å². The number of hydrogen-bond donors (Lipinski definition) is 2. The van der Waals surface area contributed by atoms with Crippen LogP contribution in [0.15, 0.2) is 140 Å². The second kappa shape index (κ2) is 15.3. The number of aliphatic hydroxyl groups excluding tert-OH is 1. The number of carboxylic acids is 1. The van der Waals surface area contributed by atoms with E-state index in [9.17, 15) is 19.8 Å². The van der Waals surface area contributed by atoms with Crippen molar-refractivity contribution in [1.82, 2.24) is 0 Å². The molecule has 5 aromatic rings. The van der Waals surface area contributed by atoms with Crippen molar-refractivity contribution in [1.29, 1.82) is 0 Å². The molecular weight excluding hydrogens is 576 g/mol. The quantitative estimate of drug-likeness (QED) is 0.103. The first-order valence-electron chi connectivity index (χ1n) is 15.4. The van der Waals surface area contributed by atoms with Gasteiger partial charge in [0.05, 0.1) is 25.4 Å². The second-order valence-corrected chi connectivity index (χ2v) is 11.3. The van der Waals surface area contributed by atoms with Gasteiger partial charge in [-0.05, 0) is 64.8 Å². The number of benzene rings is 5. The summed E-state index contributed by atoms with van der Waals surface area (Å²) in [7, 11) is 1.36. The van der Waals surface area contributed by atoms with Gasteiger partial charge in [-0.3, -0.25) is 4.79 Å². The molecular formula is C40H38O6. The van der Waals surface area contributed by atoms with E-state index in [1.54, 1.807) is 6.07 Å². The summed E-state index contributed by atoms with van der Waals surface area (Å²) in [6.07, 6.45) is 0.213. The fourth-order valence-corrected chi connectivity index (χ4v) is 5.90. The molecule has 0 saturated carbocycles. The Kier molecular flexibility index (Phi) is 10.8. The molecule has 0 amide bonds. The van der Waals surface area contributed by atoms with Gasteiger partial charge in [-0.2, -0.15) is 0 Å². The van der Waals surface area contributed by atoms with E-state index in [0.717, 1.165) is 33.4 Å². The van der Waals surface area contributed by atoms with Crippen LogP contribution in [0, 0.1) is 5.92 Å². The molecule has 5 aromatic carbocycles. The number of methoxy groups -OCH3 is 1. The molecule has 0 heterocycles. The van der Waals surface area contributed by atoms with Gasteiger partial charge >= 0.3 is 11.9 Å². The molecule has 0 bridgehead atoms. The van der Waals surface area contributed by atoms with Crippen LogP contribution >= 0.6 is 0 Å². The molecule has 0 spiro atoms. The number of rotatable bonds is 14. The van der Waals surface area contributed by atoms with Crippen LogP contribution in [0.3, 0.4) is 0 Å². The Morgan fingerprint density at radius 2 is 1.17 bits per heavy atom. The minimum Gasteiger partial charge on any atom is -0.481 e. The molecule has 2 atom stereocenters. The summed E-state index contributed by atoms with van der Waals surface area (Å²) in [6, 6.07) is 44.6. The SMILES string of the molecule is COC(=O)c1cccc(Cc2cccc(CC[C@@H](O)[C@@H](COC(c3ccccc3)(c3ccccc3)c3ccccc3)C(=O)O)c2)c1. The normalized spacial score (nSPS) is 12.7. The number of carboxylic acid groups (broad SMARTS) is 1. The standard InChI is InChI=1S/C40H38O6/c1-45-39(44)32-16-12-15-31(27-32)26-30-14-11-13-29(25-30)23-24-37(41)36(38(42)43)28-46-40(33-17-5-2-6-18-33,34-19-7-3-8-20-34)35-21-9-4-10-22-35/h2-22,25,27,36-37,41H,23-24,26,28H2,1H3,(H,42,43)/t36-,37-/m1/s1. The third-order valence-electron chi connectivity index (χ3n) is 8.28. The van der Waals surface area contributed by atoms with Gasteiger partial charge in [-0.15, -0.1) is 0 Å². The van der Waals surface area contributed by atoms with Gasteiger partial charge in [0.25, 0.3) is 0 Å². The molecule has 0 aliphatic heterocycles. The van der Waals surface area contributed by atoms with E-state index in [0.29, 0.717) is 18.4 Å². The number of carbonyl (C=O) groups is 2. The Labute approximate surface area is 269 Å². The van der Waals surface area contributed by atoms with Crippen LogP contribution in [0.1, 0.15) is 50.2 Å². The predicted octanol–water partition coefficient (Wildman–Crippen LogP) is 7.07. The Morgan fingerprint density at radius 3 is 1.70 bits per heavy atom. The first kappa shape index (κ1) is 32.4. The lowest BCUT2D eigenvalue weighted by atomic mass is 9.80. The third-order valence-corrected chi connectivity index (χ3v) is 8.28. The average molecular weight is 615 g/mol. The average Bonchev–Trinajstić information content (AvgIpc) is 3.10. The zero-order chi connectivity index (χ0) is 32.4. The monoisotopic (exact) mass is 614 g/mol. The molecule has 0 aliphatic rings. The Morgan fingerprint density at radius 1 is 0.674 bits per heavy atom. The fourth-order valence-electron chi connectivity index (χ4n) is 5.90. The number of hydrogen-bond acceptors (Lipinski definition) is 5. The Hall–Kier alpha value is -5.04. The molecule has 0 fully saturated rings. The maximum Gasteiger partial charge on any atom is 0.337 e. The lowest BCUT2D eigenvalue weighted by molar-refractivity contribution is -0.151. The largest absolute Gasteiger partial charge is 0.481 e. The number of aliphatic hydroxyl groups is 1. The third kappa shape index (κ3) is 7.60. The second-order valence-electron chi connectivity index (χ2n) is 11.3. The molecule has 0 radical (unpaired) electrons. The number of ether oxygens (including phenoxy) is 2. The van der Waals surface area contributed by atoms with E-state index >= 15 is 0 Å². The summed E-state index contributed by atoms with van der Waals surface area (Å²) in [5.74, 6) is -2.65. The number of carbonyl (C=O) groups excluding carboxylic acids is 1. The van der Waals surface area contributed by atoms with Crippen molar-refractivity contribution < 1.29 is 29.3 Å². The van der Waals surface area contributed by atoms with E-state index < -0.39 is 23.6 Å². The van der Waals surface area contributed by atoms with Gasteiger partial charge in [-0.25, -0.2) is 4.79 Å². The fraction of sp³-hybridized carbons (Fsp3) is 0.200. The van der Waals surface area contributed by atoms with Crippen molar-refractivity contribution in [2.24, 2.45) is 5.92 Å². The number of aliphatic carboxylic acids is 1. The highest BCUT2D eigenvalue weighted by atomic mass is 16.5. The Balaban J connectivity index is 1.34. The van der Waals surface area contributed by atoms with E-state index in [1.165, 1.54) is 7.11 Å². The molecule has 0 aliphatic carbocycles. The molecule has 5 rings (SSSR count). The van der Waals surface area contributed by atoms with Crippen LogP contribution in [0.5, 0.6) is 0 Å². The van der Waals surface area contributed by atoms with Gasteiger partial charge in [0.2, 0.25) is 0 Å². The summed E-state index contributed by atoms with van der Waals surface area (Å²) < 4.78 is 11.6. The minimum atomic E-state index is -1.15. The summed E-state index contributed by atoms with van der Waals surface area (Å²) in [4.78, 5) is 24.5. The van der Waals surface area contributed by atoms with Gasteiger partial charge in [0, 0.05) is 0 Å². The summed E-state index contributed by atoms with van der Waals surface area (Å²) in [5, 5.41) is 21.5. The highest BCUT2D eigenvalue weighted by Crippen LogP contribution is 2.41. The van der Waals surface area contributed by atoms with Crippen molar-refractivity contribution in [2.45, 2.75) is 31.0 Å². The molecule has 0 aromatic heterocycles. The highest BCUT2D eigenvalue weighted by Gasteiger charge is 2.40. The highest BCUT2D eigenvalue weighted by molar-refractivity contribution is 5.89. The van der Waals surface area contributed by atoms with Crippen LogP contribution in [-0.4, -0.2) is 42.0 Å². The van der Waals surface area contributed by atoms with Crippen molar-refractivity contribution in [3.8, 4) is 0 Å². The Bertz CT molecular complexity index is 1620. The van der Waals surface area contributed by atoms with Gasteiger partial charge in [0.1, 0.15) is 11.5 Å². The topological polar surface area (TPSA) is 93.1 Å². The lowest BCUT2D eigenvalue weighted by Crippen LogP contribution is -2.39. The van der Waals surface area contributed by atoms with Crippen LogP contribution in [0.25, 0.3) is 0 Å². The van der Waals surface area contributed by atoms with Gasteiger partial charge < -0.3 is 19.7 Å². The summed E-state index contributed by atoms with van der Waals surface area (Å²) >= 11 is 0. The summed E-state index contributed by atoms with van der Waals surface area (Å²) in [6.45, 7) is -0.203. The van der Waals surface area contributed by atoms with Crippen molar-refractivity contribution >= 4 is 11.9 Å². The molecule has 6 heteroatoms. The molecule has 0 unspecified atom stereocenters. The molecule has 0 saturated heterocycles. The maximum atomic E-state index is 12.6. The van der Waals surface area contributed by atoms with E-state index in [1.807, 2.05) is 127 Å². The molecule has 2 N–H and O–H groups in total. The molecule has 46 heavy (non-hydrogen) atoms. The van der Waals surface area contributed by atoms with Crippen molar-refractivity contribution in [3.05, 3.63) is 178 Å². The molecule has 6 nitrogen and oxygen atoms in total. The number of aryl methyl sites for hydroxylation is 1. The smallest absolute Gasteiger partial charge is 0.337 e. The first-order chi connectivity index (χ1) is 22.4. The van der Waals surface area contributed by atoms with Gasteiger partial charge in [0.15, 0.2) is 0 Å². The zero-order valence-electron chi connectivity index (χ0n) is 25.8. The minimum absolute atomic E-state index is 0.203. The summed E-state index contributed by atoms with van der Waals surface area (Å²) in [5.41, 5.74) is 5.00. The predicted molar refractivity (Wildman–Crippen MR) is 178 cm³/mol. The maximum absolute atomic E-state index is 12.6. The van der Waals surface area contributed by atoms with Crippen LogP contribution in [0.2, 0.25) is 0 Å². The lowest BCUT2D eigenvalue weighted by Gasteiger charge is -2.37. The van der Waals surface area contributed by atoms with E-state index in [-0.39, 0.29) is 19.0 Å². The zero-order valence-corrected chi connectivity index (χ0v) is 25.8. The van der Waals surface area contributed by atoms with Crippen molar-refractivity contribution in [2.75, 3.05) is 13.7 Å². The van der Waals surface area contributed by atoms with Crippen LogP contribution < -0.4 is 0 Å². The van der Waals surface area contributed by atoms with E-state index in [2.05, 4.69) is 6.07 Å². The van der Waals surface area contributed by atoms with E-state index in [4.69, 9.17) is 9.47 Å². The van der Waals surface area contributed by atoms with Gasteiger partial charge in [-0.1, -0.05) is 127 Å².